The molecule has 4 nitrogen and oxygen atoms in total. The summed E-state index contributed by atoms with van der Waals surface area (Å²) in [7, 11) is 1.89. The van der Waals surface area contributed by atoms with Crippen molar-refractivity contribution in [3.8, 4) is 6.19 Å². The Morgan fingerprint density at radius 1 is 1.77 bits per heavy atom. The Morgan fingerprint density at radius 3 is 3.15 bits per heavy atom. The minimum atomic E-state index is 0.219. The van der Waals surface area contributed by atoms with E-state index < -0.39 is 0 Å². The van der Waals surface area contributed by atoms with Crippen molar-refractivity contribution >= 4 is 6.02 Å². The standard InChI is InChI=1S/C9H15N3O/c1-3-4-5-8-6-12(2)9(13-8)11-7-10/h8H,3-6H2,1-2H3. The number of unbranched alkanes of at least 4 members (excludes halogenated alkanes) is 1. The molecule has 0 N–H and O–H groups in total. The number of amidine groups is 1. The van der Waals surface area contributed by atoms with E-state index in [2.05, 4.69) is 11.9 Å². The van der Waals surface area contributed by atoms with Gasteiger partial charge in [-0.25, -0.2) is 0 Å². The van der Waals surface area contributed by atoms with Gasteiger partial charge in [0.25, 0.3) is 0 Å². The molecular formula is C9H15N3O. The zero-order valence-electron chi connectivity index (χ0n) is 8.16. The van der Waals surface area contributed by atoms with Crippen LogP contribution < -0.4 is 0 Å². The lowest BCUT2D eigenvalue weighted by atomic mass is 10.2. The molecule has 1 atom stereocenters. The first kappa shape index (κ1) is 9.85. The first-order chi connectivity index (χ1) is 6.27. The molecule has 0 bridgehead atoms. The van der Waals surface area contributed by atoms with E-state index in [4.69, 9.17) is 10.00 Å². The number of aliphatic imine (C=N–C) groups is 1. The Kier molecular flexibility index (Phi) is 3.56. The van der Waals surface area contributed by atoms with E-state index in [0.29, 0.717) is 6.02 Å². The summed E-state index contributed by atoms with van der Waals surface area (Å²) in [5, 5.41) is 8.36. The van der Waals surface area contributed by atoms with Crippen LogP contribution in [-0.4, -0.2) is 30.6 Å². The molecule has 0 aromatic rings. The highest BCUT2D eigenvalue weighted by Crippen LogP contribution is 2.14. The van der Waals surface area contributed by atoms with Gasteiger partial charge in [-0.3, -0.25) is 0 Å². The molecule has 1 saturated heterocycles. The summed E-state index contributed by atoms with van der Waals surface area (Å²) in [4.78, 5) is 5.47. The fourth-order valence-corrected chi connectivity index (χ4v) is 1.40. The van der Waals surface area contributed by atoms with Crippen LogP contribution in [0, 0.1) is 11.5 Å². The van der Waals surface area contributed by atoms with E-state index >= 15 is 0 Å². The number of hydrogen-bond acceptors (Lipinski definition) is 3. The summed E-state index contributed by atoms with van der Waals surface area (Å²) in [6.45, 7) is 3.00. The lowest BCUT2D eigenvalue weighted by Gasteiger charge is -2.05. The highest BCUT2D eigenvalue weighted by Gasteiger charge is 2.25. The second kappa shape index (κ2) is 4.70. The normalized spacial score (nSPS) is 24.5. The van der Waals surface area contributed by atoms with Crippen LogP contribution >= 0.6 is 0 Å². The largest absolute Gasteiger partial charge is 0.459 e. The highest BCUT2D eigenvalue weighted by molar-refractivity contribution is 5.76. The van der Waals surface area contributed by atoms with Gasteiger partial charge in [0.2, 0.25) is 6.19 Å². The van der Waals surface area contributed by atoms with E-state index in [-0.39, 0.29) is 6.10 Å². The van der Waals surface area contributed by atoms with Crippen molar-refractivity contribution < 1.29 is 4.74 Å². The summed E-state index contributed by atoms with van der Waals surface area (Å²) in [6.07, 6.45) is 5.34. The number of nitrogens with zero attached hydrogens (tertiary/aromatic N) is 3. The van der Waals surface area contributed by atoms with E-state index in [1.54, 1.807) is 6.19 Å². The predicted molar refractivity (Wildman–Crippen MR) is 50.1 cm³/mol. The molecule has 0 spiro atoms. The SMILES string of the molecule is CCCCC1CN(C)C(=NC#N)O1. The van der Waals surface area contributed by atoms with Crippen LogP contribution in [0.5, 0.6) is 0 Å². The van der Waals surface area contributed by atoms with Gasteiger partial charge >= 0.3 is 6.02 Å². The third-order valence-electron chi connectivity index (χ3n) is 2.10. The van der Waals surface area contributed by atoms with Crippen LogP contribution in [0.3, 0.4) is 0 Å². The first-order valence-corrected chi connectivity index (χ1v) is 4.62. The molecule has 13 heavy (non-hydrogen) atoms. The van der Waals surface area contributed by atoms with Crippen LogP contribution in [0.1, 0.15) is 26.2 Å². The number of likely N-dealkylation sites (N-methyl/N-ethyl adjacent to an activating group) is 1. The van der Waals surface area contributed by atoms with Crippen molar-refractivity contribution in [1.29, 1.82) is 5.26 Å². The van der Waals surface area contributed by atoms with Gasteiger partial charge < -0.3 is 9.64 Å². The average molecular weight is 181 g/mol. The quantitative estimate of drug-likeness (QED) is 0.617. The molecule has 1 unspecified atom stereocenters. The molecule has 1 aliphatic heterocycles. The summed E-state index contributed by atoms with van der Waals surface area (Å²) in [6, 6.07) is 0.462. The topological polar surface area (TPSA) is 48.6 Å². The van der Waals surface area contributed by atoms with E-state index in [9.17, 15) is 0 Å². The number of ether oxygens (including phenoxy) is 1. The first-order valence-electron chi connectivity index (χ1n) is 4.62. The Bertz CT molecular complexity index is 232. The molecule has 0 aliphatic carbocycles. The molecule has 0 amide bonds. The van der Waals surface area contributed by atoms with E-state index in [1.165, 1.54) is 12.8 Å². The smallest absolute Gasteiger partial charge is 0.302 e. The molecule has 4 heteroatoms. The molecule has 1 aliphatic rings. The predicted octanol–water partition coefficient (Wildman–Crippen LogP) is 1.34. The van der Waals surface area contributed by atoms with Crippen LogP contribution in [0.2, 0.25) is 0 Å². The number of hydrogen-bond donors (Lipinski definition) is 0. The molecule has 72 valence electrons. The Labute approximate surface area is 78.8 Å². The van der Waals surface area contributed by atoms with Gasteiger partial charge in [-0.1, -0.05) is 13.3 Å². The summed E-state index contributed by atoms with van der Waals surface area (Å²) >= 11 is 0. The molecule has 0 aromatic heterocycles. The van der Waals surface area contributed by atoms with Crippen molar-refractivity contribution in [1.82, 2.24) is 4.90 Å². The third-order valence-corrected chi connectivity index (χ3v) is 2.10. The minimum Gasteiger partial charge on any atom is -0.459 e. The summed E-state index contributed by atoms with van der Waals surface area (Å²) in [5.41, 5.74) is 0. The fraction of sp³-hybridized carbons (Fsp3) is 0.778. The summed E-state index contributed by atoms with van der Waals surface area (Å²) < 4.78 is 5.47. The zero-order chi connectivity index (χ0) is 9.68. The van der Waals surface area contributed by atoms with Crippen molar-refractivity contribution in [2.24, 2.45) is 4.99 Å². The van der Waals surface area contributed by atoms with E-state index in [0.717, 1.165) is 13.0 Å². The molecule has 0 radical (unpaired) electrons. The molecule has 0 aromatic carbocycles. The molecule has 1 heterocycles. The Morgan fingerprint density at radius 2 is 2.54 bits per heavy atom. The molecule has 1 fully saturated rings. The second-order valence-electron chi connectivity index (χ2n) is 3.26. The van der Waals surface area contributed by atoms with Crippen molar-refractivity contribution in [2.45, 2.75) is 32.3 Å². The number of nitriles is 1. The van der Waals surface area contributed by atoms with Crippen LogP contribution in [-0.2, 0) is 4.74 Å². The highest BCUT2D eigenvalue weighted by atomic mass is 16.5. The van der Waals surface area contributed by atoms with Crippen molar-refractivity contribution in [3.63, 3.8) is 0 Å². The van der Waals surface area contributed by atoms with Gasteiger partial charge in [0.15, 0.2) is 0 Å². The Balaban J connectivity index is 2.42. The molecule has 0 saturated carbocycles. The van der Waals surface area contributed by atoms with Gasteiger partial charge in [-0.2, -0.15) is 5.26 Å². The third kappa shape index (κ3) is 2.62. The van der Waals surface area contributed by atoms with Crippen molar-refractivity contribution in [2.75, 3.05) is 13.6 Å². The summed E-state index contributed by atoms with van der Waals surface area (Å²) in [5.74, 6) is 0. The van der Waals surface area contributed by atoms with Gasteiger partial charge in [0.05, 0.1) is 6.54 Å². The van der Waals surface area contributed by atoms with Gasteiger partial charge in [-0.15, -0.1) is 4.99 Å². The van der Waals surface area contributed by atoms with Gasteiger partial charge in [-0.05, 0) is 12.8 Å². The van der Waals surface area contributed by atoms with Crippen LogP contribution in [0.4, 0.5) is 0 Å². The van der Waals surface area contributed by atoms with Gasteiger partial charge in [0.1, 0.15) is 6.10 Å². The molecule has 1 rings (SSSR count). The zero-order valence-corrected chi connectivity index (χ0v) is 8.16. The lowest BCUT2D eigenvalue weighted by molar-refractivity contribution is 0.214. The second-order valence-corrected chi connectivity index (χ2v) is 3.26. The van der Waals surface area contributed by atoms with E-state index in [1.807, 2.05) is 11.9 Å². The fourth-order valence-electron chi connectivity index (χ4n) is 1.40. The average Bonchev–Trinajstić information content (AvgIpc) is 2.45. The van der Waals surface area contributed by atoms with Crippen LogP contribution in [0.25, 0.3) is 0 Å². The molecular weight excluding hydrogens is 166 g/mol. The maximum absolute atomic E-state index is 8.36. The number of rotatable bonds is 3. The monoisotopic (exact) mass is 181 g/mol. The minimum absolute atomic E-state index is 0.219. The van der Waals surface area contributed by atoms with Gasteiger partial charge in [0, 0.05) is 7.05 Å². The Hall–Kier alpha value is -1.24. The maximum atomic E-state index is 8.36. The van der Waals surface area contributed by atoms with Crippen LogP contribution in [0.15, 0.2) is 4.99 Å². The maximum Gasteiger partial charge on any atom is 0.302 e. The van der Waals surface area contributed by atoms with Crippen molar-refractivity contribution in [3.05, 3.63) is 0 Å². The lowest BCUT2D eigenvalue weighted by Crippen LogP contribution is -2.20.